The maximum Gasteiger partial charge on any atom is 0.408 e. The predicted octanol–water partition coefficient (Wildman–Crippen LogP) is 1.58. The smallest absolute Gasteiger partial charge is 0.408 e. The van der Waals surface area contributed by atoms with E-state index < -0.39 is 17.7 Å². The Morgan fingerprint density at radius 2 is 2.19 bits per heavy atom. The highest BCUT2D eigenvalue weighted by Crippen LogP contribution is 2.30. The minimum atomic E-state index is -1.16. The fraction of sp³-hybridized carbons (Fsp3) is 0.500. The quantitative estimate of drug-likeness (QED) is 0.850. The summed E-state index contributed by atoms with van der Waals surface area (Å²) in [7, 11) is 1.57. The van der Waals surface area contributed by atoms with Crippen molar-refractivity contribution in [3.63, 3.8) is 0 Å². The summed E-state index contributed by atoms with van der Waals surface area (Å²) in [6.45, 7) is 5.19. The molecule has 2 heterocycles. The number of carboxylic acid groups (broad SMARTS) is 1. The molecule has 2 amide bonds. The van der Waals surface area contributed by atoms with Crippen LogP contribution in [-0.4, -0.2) is 52.2 Å². The summed E-state index contributed by atoms with van der Waals surface area (Å²) in [5, 5.41) is 9.46. The van der Waals surface area contributed by atoms with Crippen LogP contribution in [0.1, 0.15) is 20.8 Å². The Labute approximate surface area is 123 Å². The van der Waals surface area contributed by atoms with Gasteiger partial charge >= 0.3 is 6.09 Å². The van der Waals surface area contributed by atoms with Crippen molar-refractivity contribution in [1.29, 1.82) is 0 Å². The van der Waals surface area contributed by atoms with E-state index in [1.807, 2.05) is 0 Å². The lowest BCUT2D eigenvalue weighted by atomic mass is 10.0. The van der Waals surface area contributed by atoms with E-state index in [1.54, 1.807) is 46.1 Å². The van der Waals surface area contributed by atoms with Crippen molar-refractivity contribution in [1.82, 2.24) is 9.88 Å². The Morgan fingerprint density at radius 1 is 1.52 bits per heavy atom. The Kier molecular flexibility index (Phi) is 3.76. The lowest BCUT2D eigenvalue weighted by molar-refractivity contribution is -0.125. The molecule has 1 aromatic rings. The highest BCUT2D eigenvalue weighted by atomic mass is 16.5. The third-order valence-electron chi connectivity index (χ3n) is 3.32. The molecule has 0 saturated carbocycles. The first kappa shape index (κ1) is 15.1. The number of amides is 2. The van der Waals surface area contributed by atoms with Gasteiger partial charge in [0.05, 0.1) is 0 Å². The summed E-state index contributed by atoms with van der Waals surface area (Å²) in [4.78, 5) is 30.8. The van der Waals surface area contributed by atoms with E-state index in [1.165, 1.54) is 4.90 Å². The molecule has 0 aromatic carbocycles. The first-order valence-electron chi connectivity index (χ1n) is 6.61. The molecule has 1 N–H and O–H groups in total. The SMILES string of the molecule is CN1C(=O)[C@@H](N(C(=O)O)C(C)(C)C)COc2cccnc21. The van der Waals surface area contributed by atoms with Gasteiger partial charge in [0.2, 0.25) is 0 Å². The summed E-state index contributed by atoms with van der Waals surface area (Å²) in [5.41, 5.74) is -0.722. The average molecular weight is 293 g/mol. The molecule has 2 rings (SSSR count). The summed E-state index contributed by atoms with van der Waals surface area (Å²) in [5.74, 6) is 0.504. The zero-order chi connectivity index (χ0) is 15.8. The summed E-state index contributed by atoms with van der Waals surface area (Å²) in [6.07, 6.45) is 0.405. The van der Waals surface area contributed by atoms with Crippen molar-refractivity contribution in [3.8, 4) is 5.75 Å². The second kappa shape index (κ2) is 5.23. The molecular weight excluding hydrogens is 274 g/mol. The van der Waals surface area contributed by atoms with Crippen molar-refractivity contribution >= 4 is 17.8 Å². The van der Waals surface area contributed by atoms with Crippen LogP contribution in [0.25, 0.3) is 0 Å². The molecule has 1 atom stereocenters. The highest BCUT2D eigenvalue weighted by molar-refractivity contribution is 5.99. The van der Waals surface area contributed by atoms with Crippen molar-refractivity contribution < 1.29 is 19.4 Å². The number of nitrogens with zero attached hydrogens (tertiary/aromatic N) is 3. The first-order chi connectivity index (χ1) is 9.73. The number of hydrogen-bond donors (Lipinski definition) is 1. The largest absolute Gasteiger partial charge is 0.487 e. The summed E-state index contributed by atoms with van der Waals surface area (Å²) in [6, 6.07) is 2.49. The van der Waals surface area contributed by atoms with Gasteiger partial charge in [0.25, 0.3) is 5.91 Å². The minimum absolute atomic E-state index is 0.0363. The van der Waals surface area contributed by atoms with Gasteiger partial charge in [-0.2, -0.15) is 0 Å². The molecule has 1 aliphatic rings. The number of carbonyl (C=O) groups excluding carboxylic acids is 1. The normalized spacial score (nSPS) is 18.6. The number of carbonyl (C=O) groups is 2. The van der Waals surface area contributed by atoms with E-state index in [0.717, 1.165) is 4.90 Å². The molecule has 0 bridgehead atoms. The lowest BCUT2D eigenvalue weighted by Crippen LogP contribution is -2.58. The van der Waals surface area contributed by atoms with Crippen LogP contribution in [0.5, 0.6) is 5.75 Å². The number of aromatic nitrogens is 1. The van der Waals surface area contributed by atoms with Crippen molar-refractivity contribution in [2.45, 2.75) is 32.4 Å². The van der Waals surface area contributed by atoms with Gasteiger partial charge in [0.1, 0.15) is 12.6 Å². The number of likely N-dealkylation sites (N-methyl/N-ethyl adjacent to an activating group) is 1. The van der Waals surface area contributed by atoms with E-state index in [2.05, 4.69) is 4.98 Å². The molecule has 0 aliphatic carbocycles. The third kappa shape index (κ3) is 2.76. The number of rotatable bonds is 1. The van der Waals surface area contributed by atoms with Crippen LogP contribution in [-0.2, 0) is 4.79 Å². The van der Waals surface area contributed by atoms with Gasteiger partial charge in [-0.1, -0.05) is 0 Å². The van der Waals surface area contributed by atoms with Crippen LogP contribution >= 0.6 is 0 Å². The number of fused-ring (bicyclic) bond motifs is 1. The van der Waals surface area contributed by atoms with Crippen LogP contribution in [0.4, 0.5) is 10.6 Å². The van der Waals surface area contributed by atoms with E-state index in [-0.39, 0.29) is 12.5 Å². The zero-order valence-corrected chi connectivity index (χ0v) is 12.5. The van der Waals surface area contributed by atoms with E-state index >= 15 is 0 Å². The van der Waals surface area contributed by atoms with Crippen LogP contribution in [0.15, 0.2) is 18.3 Å². The molecule has 0 saturated heterocycles. The molecule has 114 valence electrons. The molecule has 0 fully saturated rings. The van der Waals surface area contributed by atoms with Crippen LogP contribution in [0.2, 0.25) is 0 Å². The van der Waals surface area contributed by atoms with Gasteiger partial charge < -0.3 is 9.84 Å². The topological polar surface area (TPSA) is 83.0 Å². The van der Waals surface area contributed by atoms with E-state index in [9.17, 15) is 14.7 Å². The van der Waals surface area contributed by atoms with Gasteiger partial charge in [-0.15, -0.1) is 0 Å². The first-order valence-corrected chi connectivity index (χ1v) is 6.61. The van der Waals surface area contributed by atoms with E-state index in [0.29, 0.717) is 11.6 Å². The Bertz CT molecular complexity index is 568. The maximum atomic E-state index is 12.6. The second-order valence-electron chi connectivity index (χ2n) is 5.87. The molecule has 7 nitrogen and oxygen atoms in total. The molecule has 7 heteroatoms. The van der Waals surface area contributed by atoms with Gasteiger partial charge in [0, 0.05) is 18.8 Å². The molecule has 0 radical (unpaired) electrons. The van der Waals surface area contributed by atoms with E-state index in [4.69, 9.17) is 4.74 Å². The Hall–Kier alpha value is -2.31. The number of hydrogen-bond acceptors (Lipinski definition) is 4. The summed E-state index contributed by atoms with van der Waals surface area (Å²) < 4.78 is 5.60. The highest BCUT2D eigenvalue weighted by Gasteiger charge is 2.41. The minimum Gasteiger partial charge on any atom is -0.487 e. The van der Waals surface area contributed by atoms with Crippen molar-refractivity contribution in [2.75, 3.05) is 18.6 Å². The molecular formula is C14H19N3O4. The van der Waals surface area contributed by atoms with Crippen molar-refractivity contribution in [2.24, 2.45) is 0 Å². The zero-order valence-electron chi connectivity index (χ0n) is 12.5. The molecule has 0 spiro atoms. The number of anilines is 1. The number of pyridine rings is 1. The molecule has 21 heavy (non-hydrogen) atoms. The molecule has 0 unspecified atom stereocenters. The van der Waals surface area contributed by atoms with Crippen LogP contribution in [0, 0.1) is 0 Å². The van der Waals surface area contributed by atoms with Gasteiger partial charge in [-0.05, 0) is 32.9 Å². The van der Waals surface area contributed by atoms with Crippen molar-refractivity contribution in [3.05, 3.63) is 18.3 Å². The summed E-state index contributed by atoms with van der Waals surface area (Å²) >= 11 is 0. The Balaban J connectivity index is 2.41. The van der Waals surface area contributed by atoms with Gasteiger partial charge in [-0.3, -0.25) is 14.6 Å². The second-order valence-corrected chi connectivity index (χ2v) is 5.87. The van der Waals surface area contributed by atoms with Gasteiger partial charge in [-0.25, -0.2) is 9.78 Å². The Morgan fingerprint density at radius 3 is 2.76 bits per heavy atom. The monoisotopic (exact) mass is 293 g/mol. The number of ether oxygens (including phenoxy) is 1. The maximum absolute atomic E-state index is 12.6. The molecule has 1 aliphatic heterocycles. The fourth-order valence-electron chi connectivity index (χ4n) is 2.39. The fourth-order valence-corrected chi connectivity index (χ4v) is 2.39. The predicted molar refractivity (Wildman–Crippen MR) is 76.5 cm³/mol. The standard InChI is InChI=1S/C14H19N3O4/c1-14(2,3)17(13(19)20)9-8-21-10-6-5-7-15-11(10)16(4)12(9)18/h5-7,9H,8H2,1-4H3,(H,19,20)/t9-/m0/s1. The third-order valence-corrected chi connectivity index (χ3v) is 3.32. The van der Waals surface area contributed by atoms with Gasteiger partial charge in [0.15, 0.2) is 11.6 Å². The van der Waals surface area contributed by atoms with Crippen LogP contribution in [0.3, 0.4) is 0 Å². The van der Waals surface area contributed by atoms with Crippen LogP contribution < -0.4 is 9.64 Å². The molecule has 1 aromatic heterocycles. The average Bonchev–Trinajstić information content (AvgIpc) is 2.50. The lowest BCUT2D eigenvalue weighted by Gasteiger charge is -2.38.